The van der Waals surface area contributed by atoms with Gasteiger partial charge in [0.25, 0.3) is 0 Å². The number of hydrogen-bond acceptors (Lipinski definition) is 4. The lowest BCUT2D eigenvalue weighted by atomic mass is 10.0. The first-order valence-corrected chi connectivity index (χ1v) is 10.4. The first-order valence-electron chi connectivity index (χ1n) is 10.4. The van der Waals surface area contributed by atoms with Gasteiger partial charge in [-0.2, -0.15) is 0 Å². The number of alkyl halides is 3. The molecule has 0 saturated carbocycles. The lowest BCUT2D eigenvalue weighted by molar-refractivity contribution is -0.274. The standard InChI is InChI=1S/C26H15F3N4O/c27-26(28,29)34-19-11-8-16(9-12-19)18-10-13-24-31-32-25(33(24)15-18)20-5-3-7-23-21(20)14-17-4-1-2-6-22(17)30-23/h1-15H. The summed E-state index contributed by atoms with van der Waals surface area (Å²) < 4.78 is 43.2. The van der Waals surface area contributed by atoms with Gasteiger partial charge in [-0.15, -0.1) is 23.4 Å². The van der Waals surface area contributed by atoms with Crippen LogP contribution in [0.4, 0.5) is 13.2 Å². The minimum Gasteiger partial charge on any atom is -0.406 e. The van der Waals surface area contributed by atoms with E-state index >= 15 is 0 Å². The molecule has 0 fully saturated rings. The molecule has 8 heteroatoms. The fourth-order valence-corrected chi connectivity index (χ4v) is 4.09. The Hall–Kier alpha value is -4.46. The Morgan fingerprint density at radius 1 is 0.735 bits per heavy atom. The fourth-order valence-electron chi connectivity index (χ4n) is 4.09. The highest BCUT2D eigenvalue weighted by Gasteiger charge is 2.31. The predicted octanol–water partition coefficient (Wildman–Crippen LogP) is 6.66. The third-order valence-electron chi connectivity index (χ3n) is 5.63. The topological polar surface area (TPSA) is 52.3 Å². The van der Waals surface area contributed by atoms with Crippen LogP contribution in [0.3, 0.4) is 0 Å². The summed E-state index contributed by atoms with van der Waals surface area (Å²) in [6.45, 7) is 0. The molecule has 6 aromatic rings. The molecule has 0 atom stereocenters. The smallest absolute Gasteiger partial charge is 0.406 e. The number of benzene rings is 3. The second-order valence-electron chi connectivity index (χ2n) is 7.80. The van der Waals surface area contributed by atoms with Crippen molar-refractivity contribution in [2.75, 3.05) is 0 Å². The molecule has 3 heterocycles. The molecule has 0 bridgehead atoms. The highest BCUT2D eigenvalue weighted by Crippen LogP contribution is 2.31. The van der Waals surface area contributed by atoms with Crippen molar-refractivity contribution in [3.05, 3.63) is 91.1 Å². The second kappa shape index (κ2) is 7.55. The number of halogens is 3. The van der Waals surface area contributed by atoms with Crippen LogP contribution in [0.25, 0.3) is 50.0 Å². The van der Waals surface area contributed by atoms with Gasteiger partial charge in [-0.25, -0.2) is 4.98 Å². The molecule has 0 aliphatic carbocycles. The van der Waals surface area contributed by atoms with Gasteiger partial charge in [0, 0.05) is 22.5 Å². The monoisotopic (exact) mass is 456 g/mol. The molecule has 34 heavy (non-hydrogen) atoms. The van der Waals surface area contributed by atoms with E-state index in [9.17, 15) is 13.2 Å². The molecule has 3 aromatic carbocycles. The van der Waals surface area contributed by atoms with Crippen LogP contribution in [0.15, 0.2) is 91.1 Å². The molecule has 0 radical (unpaired) electrons. The summed E-state index contributed by atoms with van der Waals surface area (Å²) in [6, 6.07) is 25.3. The van der Waals surface area contributed by atoms with Gasteiger partial charge in [0.15, 0.2) is 11.5 Å². The van der Waals surface area contributed by atoms with Crippen molar-refractivity contribution in [1.82, 2.24) is 19.6 Å². The number of nitrogens with zero attached hydrogens (tertiary/aromatic N) is 4. The van der Waals surface area contributed by atoms with Crippen LogP contribution in [0.5, 0.6) is 5.75 Å². The summed E-state index contributed by atoms with van der Waals surface area (Å²) in [7, 11) is 0. The van der Waals surface area contributed by atoms with E-state index in [-0.39, 0.29) is 5.75 Å². The van der Waals surface area contributed by atoms with E-state index in [1.165, 1.54) is 12.1 Å². The maximum atomic E-state index is 12.5. The molecular weight excluding hydrogens is 441 g/mol. The van der Waals surface area contributed by atoms with Crippen molar-refractivity contribution >= 4 is 27.5 Å². The van der Waals surface area contributed by atoms with E-state index in [0.717, 1.165) is 38.5 Å². The van der Waals surface area contributed by atoms with E-state index in [0.29, 0.717) is 11.5 Å². The average molecular weight is 456 g/mol. The first-order chi connectivity index (χ1) is 16.4. The second-order valence-corrected chi connectivity index (χ2v) is 7.80. The molecule has 0 unspecified atom stereocenters. The highest BCUT2D eigenvalue weighted by atomic mass is 19.4. The van der Waals surface area contributed by atoms with Crippen LogP contribution in [0.2, 0.25) is 0 Å². The molecule has 166 valence electrons. The maximum Gasteiger partial charge on any atom is 0.573 e. The Kier molecular flexibility index (Phi) is 4.48. The van der Waals surface area contributed by atoms with E-state index in [2.05, 4.69) is 21.0 Å². The lowest BCUT2D eigenvalue weighted by Crippen LogP contribution is -2.16. The van der Waals surface area contributed by atoms with Crippen molar-refractivity contribution in [2.24, 2.45) is 0 Å². The summed E-state index contributed by atoms with van der Waals surface area (Å²) >= 11 is 0. The Bertz CT molecular complexity index is 1670. The fraction of sp³-hybridized carbons (Fsp3) is 0.0385. The Labute approximate surface area is 191 Å². The van der Waals surface area contributed by atoms with Gasteiger partial charge in [-0.05, 0) is 53.6 Å². The molecule has 0 saturated heterocycles. The molecule has 0 aliphatic rings. The Morgan fingerprint density at radius 2 is 1.50 bits per heavy atom. The van der Waals surface area contributed by atoms with Crippen LogP contribution < -0.4 is 4.74 Å². The molecule has 6 rings (SSSR count). The molecule has 0 aliphatic heterocycles. The van der Waals surface area contributed by atoms with Crippen LogP contribution in [-0.4, -0.2) is 25.9 Å². The van der Waals surface area contributed by atoms with E-state index in [1.807, 2.05) is 65.2 Å². The lowest BCUT2D eigenvalue weighted by Gasteiger charge is -2.10. The minimum atomic E-state index is -4.73. The van der Waals surface area contributed by atoms with Crippen LogP contribution in [0.1, 0.15) is 0 Å². The number of fused-ring (bicyclic) bond motifs is 3. The molecule has 0 N–H and O–H groups in total. The predicted molar refractivity (Wildman–Crippen MR) is 123 cm³/mol. The molecule has 0 spiro atoms. The quantitative estimate of drug-likeness (QED) is 0.279. The van der Waals surface area contributed by atoms with E-state index in [4.69, 9.17) is 4.98 Å². The number of rotatable bonds is 3. The minimum absolute atomic E-state index is 0.266. The molecule has 5 nitrogen and oxygen atoms in total. The number of hydrogen-bond donors (Lipinski definition) is 0. The van der Waals surface area contributed by atoms with E-state index in [1.54, 1.807) is 12.1 Å². The zero-order valence-electron chi connectivity index (χ0n) is 17.5. The number of ether oxygens (including phenoxy) is 1. The normalized spacial score (nSPS) is 12.0. The number of aromatic nitrogens is 4. The first kappa shape index (κ1) is 20.2. The third kappa shape index (κ3) is 3.59. The Balaban J connectivity index is 1.46. The van der Waals surface area contributed by atoms with Gasteiger partial charge in [0.1, 0.15) is 5.75 Å². The van der Waals surface area contributed by atoms with Crippen molar-refractivity contribution in [3.8, 4) is 28.3 Å². The zero-order chi connectivity index (χ0) is 23.3. The third-order valence-corrected chi connectivity index (χ3v) is 5.63. The van der Waals surface area contributed by atoms with Crippen LogP contribution in [-0.2, 0) is 0 Å². The van der Waals surface area contributed by atoms with Crippen molar-refractivity contribution in [1.29, 1.82) is 0 Å². The van der Waals surface area contributed by atoms with Gasteiger partial charge in [-0.3, -0.25) is 4.40 Å². The number of para-hydroxylation sites is 1. The average Bonchev–Trinajstić information content (AvgIpc) is 3.25. The van der Waals surface area contributed by atoms with Gasteiger partial charge in [0.05, 0.1) is 11.0 Å². The number of pyridine rings is 2. The summed E-state index contributed by atoms with van der Waals surface area (Å²) in [5.74, 6) is 0.384. The maximum absolute atomic E-state index is 12.5. The van der Waals surface area contributed by atoms with Crippen molar-refractivity contribution in [2.45, 2.75) is 6.36 Å². The van der Waals surface area contributed by atoms with Crippen LogP contribution in [0, 0.1) is 0 Å². The molecule has 0 amide bonds. The zero-order valence-corrected chi connectivity index (χ0v) is 17.5. The molecule has 3 aromatic heterocycles. The largest absolute Gasteiger partial charge is 0.573 e. The van der Waals surface area contributed by atoms with Crippen LogP contribution >= 0.6 is 0 Å². The van der Waals surface area contributed by atoms with Gasteiger partial charge in [0.2, 0.25) is 0 Å². The highest BCUT2D eigenvalue weighted by molar-refractivity contribution is 6.00. The van der Waals surface area contributed by atoms with Gasteiger partial charge < -0.3 is 4.74 Å². The summed E-state index contributed by atoms with van der Waals surface area (Å²) in [6.07, 6.45) is -2.85. The van der Waals surface area contributed by atoms with E-state index < -0.39 is 6.36 Å². The summed E-state index contributed by atoms with van der Waals surface area (Å²) in [4.78, 5) is 4.78. The van der Waals surface area contributed by atoms with Crippen molar-refractivity contribution < 1.29 is 17.9 Å². The SMILES string of the molecule is FC(F)(F)Oc1ccc(-c2ccc3nnc(-c4cccc5nc6ccccc6cc45)n3c2)cc1. The van der Waals surface area contributed by atoms with Crippen molar-refractivity contribution in [3.63, 3.8) is 0 Å². The molecular formula is C26H15F3N4O. The van der Waals surface area contributed by atoms with Gasteiger partial charge >= 0.3 is 6.36 Å². The summed E-state index contributed by atoms with van der Waals surface area (Å²) in [5.41, 5.74) is 4.84. The Morgan fingerprint density at radius 3 is 2.32 bits per heavy atom. The summed E-state index contributed by atoms with van der Waals surface area (Å²) in [5, 5.41) is 10.7. The van der Waals surface area contributed by atoms with Gasteiger partial charge in [-0.1, -0.05) is 42.5 Å².